The molecule has 1 aliphatic rings. The summed E-state index contributed by atoms with van der Waals surface area (Å²) in [6.07, 6.45) is 6.38. The summed E-state index contributed by atoms with van der Waals surface area (Å²) in [5.41, 5.74) is 1.25. The van der Waals surface area contributed by atoms with Gasteiger partial charge in [-0.3, -0.25) is 4.90 Å². The van der Waals surface area contributed by atoms with E-state index in [1.54, 1.807) is 0 Å². The zero-order valence-corrected chi connectivity index (χ0v) is 15.3. The quantitative estimate of drug-likeness (QED) is 0.461. The van der Waals surface area contributed by atoms with Gasteiger partial charge in [-0.15, -0.1) is 0 Å². The number of aromatic nitrogens is 2. The minimum atomic E-state index is 0.512. The molecule has 0 atom stereocenters. The summed E-state index contributed by atoms with van der Waals surface area (Å²) in [7, 11) is 0. The van der Waals surface area contributed by atoms with E-state index < -0.39 is 0 Å². The molecule has 1 fully saturated rings. The van der Waals surface area contributed by atoms with Crippen LogP contribution in [0.4, 0.5) is 5.82 Å². The largest absolute Gasteiger partial charge is 0.354 e. The van der Waals surface area contributed by atoms with Crippen LogP contribution in [0.25, 0.3) is 6.08 Å². The van der Waals surface area contributed by atoms with Crippen LogP contribution < -0.4 is 4.90 Å². The first-order valence-electron chi connectivity index (χ1n) is 8.02. The first-order valence-corrected chi connectivity index (χ1v) is 9.62. The molecule has 126 valence electrons. The number of hydrogen-bond donors (Lipinski definition) is 0. The average Bonchev–Trinajstić information content (AvgIpc) is 2.62. The highest BCUT2D eigenvalue weighted by atomic mass is 35.5. The van der Waals surface area contributed by atoms with Gasteiger partial charge in [0.1, 0.15) is 11.0 Å². The topological polar surface area (TPSA) is 32.3 Å². The van der Waals surface area contributed by atoms with Crippen molar-refractivity contribution in [2.75, 3.05) is 43.9 Å². The van der Waals surface area contributed by atoms with E-state index in [4.69, 9.17) is 11.6 Å². The van der Waals surface area contributed by atoms with Crippen LogP contribution in [0.5, 0.6) is 0 Å². The van der Waals surface area contributed by atoms with Crippen LogP contribution in [0.2, 0.25) is 5.15 Å². The van der Waals surface area contributed by atoms with E-state index in [0.29, 0.717) is 5.15 Å². The number of hydrogen-bond acceptors (Lipinski definition) is 5. The highest BCUT2D eigenvalue weighted by molar-refractivity contribution is 7.98. The van der Waals surface area contributed by atoms with Crippen molar-refractivity contribution in [2.45, 2.75) is 5.16 Å². The minimum absolute atomic E-state index is 0.512. The Labute approximate surface area is 152 Å². The van der Waals surface area contributed by atoms with Crippen LogP contribution in [0.1, 0.15) is 5.56 Å². The fraction of sp³-hybridized carbons (Fsp3) is 0.333. The van der Waals surface area contributed by atoms with Gasteiger partial charge in [0.15, 0.2) is 5.16 Å². The fourth-order valence-electron chi connectivity index (χ4n) is 2.70. The maximum absolute atomic E-state index is 6.09. The Balaban J connectivity index is 1.52. The Morgan fingerprint density at radius 3 is 2.58 bits per heavy atom. The number of rotatable bonds is 5. The van der Waals surface area contributed by atoms with Crippen molar-refractivity contribution in [3.63, 3.8) is 0 Å². The van der Waals surface area contributed by atoms with Crippen LogP contribution in [0.15, 0.2) is 47.6 Å². The van der Waals surface area contributed by atoms with Gasteiger partial charge in [0.2, 0.25) is 0 Å². The van der Waals surface area contributed by atoms with Gasteiger partial charge in [-0.1, -0.05) is 65.8 Å². The molecule has 1 aliphatic heterocycles. The third kappa shape index (κ3) is 4.72. The van der Waals surface area contributed by atoms with E-state index in [-0.39, 0.29) is 0 Å². The number of anilines is 1. The van der Waals surface area contributed by atoms with E-state index >= 15 is 0 Å². The molecule has 6 heteroatoms. The van der Waals surface area contributed by atoms with Gasteiger partial charge in [0.05, 0.1) is 0 Å². The monoisotopic (exact) mass is 360 g/mol. The standard InChI is InChI=1S/C18H21ClN4S/c1-24-18-20-16(19)14-17(21-18)23-12-10-22(11-13-23)9-5-8-15-6-3-2-4-7-15/h2-8,14H,9-13H2,1H3. The van der Waals surface area contributed by atoms with Crippen molar-refractivity contribution >= 4 is 35.3 Å². The molecule has 0 radical (unpaired) electrons. The number of thioether (sulfide) groups is 1. The molecule has 1 aromatic heterocycles. The second kappa shape index (κ2) is 8.51. The summed E-state index contributed by atoms with van der Waals surface area (Å²) in [5.74, 6) is 0.929. The third-order valence-electron chi connectivity index (χ3n) is 4.01. The molecule has 2 heterocycles. The fourth-order valence-corrected chi connectivity index (χ4v) is 3.30. The van der Waals surface area contributed by atoms with E-state index in [1.165, 1.54) is 17.3 Å². The zero-order chi connectivity index (χ0) is 16.8. The molecule has 0 N–H and O–H groups in total. The lowest BCUT2D eigenvalue weighted by Crippen LogP contribution is -2.46. The minimum Gasteiger partial charge on any atom is -0.354 e. The Bertz CT molecular complexity index is 685. The molecule has 0 saturated carbocycles. The first-order chi connectivity index (χ1) is 11.7. The zero-order valence-electron chi connectivity index (χ0n) is 13.7. The van der Waals surface area contributed by atoms with Gasteiger partial charge in [-0.05, 0) is 11.8 Å². The molecule has 1 aromatic carbocycles. The molecule has 3 rings (SSSR count). The van der Waals surface area contributed by atoms with Crippen molar-refractivity contribution in [1.29, 1.82) is 0 Å². The van der Waals surface area contributed by atoms with E-state index in [0.717, 1.165) is 43.7 Å². The lowest BCUT2D eigenvalue weighted by molar-refractivity contribution is 0.283. The van der Waals surface area contributed by atoms with Crippen LogP contribution in [0, 0.1) is 0 Å². The molecule has 0 spiro atoms. The average molecular weight is 361 g/mol. The van der Waals surface area contributed by atoms with Gasteiger partial charge < -0.3 is 4.90 Å². The predicted octanol–water partition coefficient (Wildman–Crippen LogP) is 3.69. The molecule has 0 amide bonds. The molecular weight excluding hydrogens is 340 g/mol. The predicted molar refractivity (Wildman–Crippen MR) is 103 cm³/mol. The SMILES string of the molecule is CSc1nc(Cl)cc(N2CCN(CC=Cc3ccccc3)CC2)n1. The molecule has 2 aromatic rings. The number of nitrogens with zero attached hydrogens (tertiary/aromatic N) is 4. The Morgan fingerprint density at radius 2 is 1.88 bits per heavy atom. The summed E-state index contributed by atoms with van der Waals surface area (Å²) in [6.45, 7) is 4.94. The normalized spacial score (nSPS) is 16.0. The summed E-state index contributed by atoms with van der Waals surface area (Å²) in [5, 5.41) is 1.24. The second-order valence-corrected chi connectivity index (χ2v) is 6.80. The molecule has 0 unspecified atom stereocenters. The molecule has 4 nitrogen and oxygen atoms in total. The third-order valence-corrected chi connectivity index (χ3v) is 4.75. The summed E-state index contributed by atoms with van der Waals surface area (Å²) in [4.78, 5) is 13.5. The number of halogens is 1. The first kappa shape index (κ1) is 17.3. The van der Waals surface area contributed by atoms with E-state index in [2.05, 4.69) is 56.2 Å². The van der Waals surface area contributed by atoms with Crippen molar-refractivity contribution in [3.05, 3.63) is 53.2 Å². The number of benzene rings is 1. The molecule has 1 saturated heterocycles. The highest BCUT2D eigenvalue weighted by Gasteiger charge is 2.18. The van der Waals surface area contributed by atoms with E-state index in [1.807, 2.05) is 18.4 Å². The van der Waals surface area contributed by atoms with Crippen molar-refractivity contribution in [3.8, 4) is 0 Å². The van der Waals surface area contributed by atoms with Gasteiger partial charge in [0, 0.05) is 38.8 Å². The Morgan fingerprint density at radius 1 is 1.12 bits per heavy atom. The maximum Gasteiger partial charge on any atom is 0.190 e. The molecule has 0 bridgehead atoms. The van der Waals surface area contributed by atoms with Crippen LogP contribution in [0.3, 0.4) is 0 Å². The summed E-state index contributed by atoms with van der Waals surface area (Å²) < 4.78 is 0. The van der Waals surface area contributed by atoms with Gasteiger partial charge in [-0.25, -0.2) is 9.97 Å². The van der Waals surface area contributed by atoms with Crippen LogP contribution >= 0.6 is 23.4 Å². The van der Waals surface area contributed by atoms with Crippen LogP contribution in [-0.4, -0.2) is 53.8 Å². The van der Waals surface area contributed by atoms with Gasteiger partial charge in [-0.2, -0.15) is 0 Å². The second-order valence-electron chi connectivity index (χ2n) is 5.64. The lowest BCUT2D eigenvalue weighted by atomic mass is 10.2. The maximum atomic E-state index is 6.09. The van der Waals surface area contributed by atoms with Crippen molar-refractivity contribution < 1.29 is 0 Å². The summed E-state index contributed by atoms with van der Waals surface area (Å²) >= 11 is 7.61. The van der Waals surface area contributed by atoms with Crippen LogP contribution in [-0.2, 0) is 0 Å². The smallest absolute Gasteiger partial charge is 0.190 e. The summed E-state index contributed by atoms with van der Waals surface area (Å²) in [6, 6.07) is 12.3. The molecular formula is C18H21ClN4S. The van der Waals surface area contributed by atoms with E-state index in [9.17, 15) is 0 Å². The highest BCUT2D eigenvalue weighted by Crippen LogP contribution is 2.21. The van der Waals surface area contributed by atoms with Gasteiger partial charge >= 0.3 is 0 Å². The Hall–Kier alpha value is -1.56. The molecule has 0 aliphatic carbocycles. The van der Waals surface area contributed by atoms with Gasteiger partial charge in [0.25, 0.3) is 0 Å². The van der Waals surface area contributed by atoms with Crippen molar-refractivity contribution in [1.82, 2.24) is 14.9 Å². The van der Waals surface area contributed by atoms with Crippen molar-refractivity contribution in [2.24, 2.45) is 0 Å². The Kier molecular flexibility index (Phi) is 6.12. The number of piperazine rings is 1. The lowest BCUT2D eigenvalue weighted by Gasteiger charge is -2.34. The molecule has 24 heavy (non-hydrogen) atoms.